The van der Waals surface area contributed by atoms with Crippen molar-refractivity contribution in [2.24, 2.45) is 0 Å². The lowest BCUT2D eigenvalue weighted by molar-refractivity contribution is 1.47. The highest BCUT2D eigenvalue weighted by Gasteiger charge is 1.93. The Hall–Kier alpha value is -1.24. The van der Waals surface area contributed by atoms with Crippen LogP contribution >= 0.6 is 0 Å². The maximum absolute atomic E-state index is 3.16. The van der Waals surface area contributed by atoms with Crippen molar-refractivity contribution in [1.29, 1.82) is 0 Å². The van der Waals surface area contributed by atoms with Crippen LogP contribution in [0.2, 0.25) is 0 Å². The number of H-pyrrole nitrogens is 1. The predicted octanol–water partition coefficient (Wildman–Crippen LogP) is 2.59. The quantitative estimate of drug-likeness (QED) is 0.567. The Morgan fingerprint density at radius 2 is 2.20 bits per heavy atom. The van der Waals surface area contributed by atoms with E-state index in [2.05, 4.69) is 36.2 Å². The Bertz CT molecular complexity index is 351. The molecule has 1 aromatic carbocycles. The number of aryl methyl sites for hydroxylation is 1. The topological polar surface area (TPSA) is 15.8 Å². The number of nitrogens with one attached hydrogen (secondary N) is 1. The summed E-state index contributed by atoms with van der Waals surface area (Å²) in [5.74, 6) is 0. The minimum absolute atomic E-state index is 0. The lowest BCUT2D eigenvalue weighted by atomic mass is 10.1. The summed E-state index contributed by atoms with van der Waals surface area (Å²) in [5, 5.41) is 1.32. The number of hydrogen-bond acceptors (Lipinski definition) is 0. The van der Waals surface area contributed by atoms with Gasteiger partial charge in [0.05, 0.1) is 0 Å². The van der Waals surface area contributed by atoms with Crippen LogP contribution < -0.4 is 0 Å². The van der Waals surface area contributed by atoms with E-state index in [9.17, 15) is 0 Å². The van der Waals surface area contributed by atoms with Gasteiger partial charge in [-0.05, 0) is 24.6 Å². The van der Waals surface area contributed by atoms with Crippen molar-refractivity contribution < 1.29 is 1.43 Å². The molecule has 2 rings (SSSR count). The van der Waals surface area contributed by atoms with E-state index in [4.69, 9.17) is 0 Å². The van der Waals surface area contributed by atoms with Gasteiger partial charge in [-0.3, -0.25) is 0 Å². The van der Waals surface area contributed by atoms with Crippen molar-refractivity contribution >= 4 is 10.9 Å². The average molecular weight is 132 g/mol. The molecule has 0 unspecified atom stereocenters. The largest absolute Gasteiger partial charge is 1.00 e. The maximum atomic E-state index is 3.16. The number of benzene rings is 1. The second-order valence-electron chi connectivity index (χ2n) is 2.51. The van der Waals surface area contributed by atoms with Gasteiger partial charge in [-0.15, -0.1) is 0 Å². The molecule has 1 N–H and O–H groups in total. The van der Waals surface area contributed by atoms with Gasteiger partial charge in [-0.2, -0.15) is 0 Å². The first-order valence-electron chi connectivity index (χ1n) is 3.40. The Morgan fingerprint density at radius 3 is 3.00 bits per heavy atom. The summed E-state index contributed by atoms with van der Waals surface area (Å²) in [6.07, 6.45) is 1.97. The highest BCUT2D eigenvalue weighted by Crippen LogP contribution is 2.15. The maximum Gasteiger partial charge on any atom is 1.00 e. The van der Waals surface area contributed by atoms with E-state index in [1.165, 1.54) is 16.5 Å². The first-order valence-corrected chi connectivity index (χ1v) is 3.40. The van der Waals surface area contributed by atoms with Crippen LogP contribution in [0, 0.1) is 6.92 Å². The molecule has 1 aromatic heterocycles. The van der Waals surface area contributed by atoms with Gasteiger partial charge in [0, 0.05) is 17.1 Å². The molecule has 0 atom stereocenters. The van der Waals surface area contributed by atoms with E-state index in [1.54, 1.807) is 0 Å². The number of fused-ring (bicyclic) bond motifs is 1. The summed E-state index contributed by atoms with van der Waals surface area (Å²) in [6, 6.07) is 8.37. The molecule has 0 aliphatic carbocycles. The molecule has 0 saturated carbocycles. The van der Waals surface area contributed by atoms with E-state index in [0.717, 1.165) is 0 Å². The molecule has 10 heavy (non-hydrogen) atoms. The Balaban J connectivity index is 0.000000605. The fraction of sp³-hybridized carbons (Fsp3) is 0.111. The van der Waals surface area contributed by atoms with Gasteiger partial charge in [-0.1, -0.05) is 12.1 Å². The van der Waals surface area contributed by atoms with Gasteiger partial charge in [0.25, 0.3) is 0 Å². The normalized spacial score (nSPS) is 10.5. The molecule has 50 valence electrons. The van der Waals surface area contributed by atoms with Crippen LogP contribution in [0.1, 0.15) is 6.99 Å². The summed E-state index contributed by atoms with van der Waals surface area (Å²) >= 11 is 0. The average Bonchev–Trinajstić information content (AvgIpc) is 2.36. The van der Waals surface area contributed by atoms with Gasteiger partial charge in [0.1, 0.15) is 0 Å². The third-order valence-electron chi connectivity index (χ3n) is 1.81. The third kappa shape index (κ3) is 0.637. The summed E-state index contributed by atoms with van der Waals surface area (Å²) < 4.78 is 0. The molecule has 1 nitrogen and oxygen atoms in total. The minimum atomic E-state index is 0. The lowest BCUT2D eigenvalue weighted by Gasteiger charge is -1.92. The second kappa shape index (κ2) is 1.87. The van der Waals surface area contributed by atoms with Gasteiger partial charge in [0.15, 0.2) is 0 Å². The van der Waals surface area contributed by atoms with Crippen LogP contribution in [0.3, 0.4) is 0 Å². The van der Waals surface area contributed by atoms with Crippen molar-refractivity contribution in [1.82, 2.24) is 4.98 Å². The fourth-order valence-corrected chi connectivity index (χ4v) is 1.24. The Kier molecular flexibility index (Phi) is 1.04. The van der Waals surface area contributed by atoms with Gasteiger partial charge >= 0.3 is 1.43 Å². The minimum Gasteiger partial charge on any atom is -0.361 e. The van der Waals surface area contributed by atoms with E-state index in [-0.39, 0.29) is 1.43 Å². The molecule has 0 aliphatic rings. The summed E-state index contributed by atoms with van der Waals surface area (Å²) in [4.78, 5) is 3.16. The van der Waals surface area contributed by atoms with Crippen molar-refractivity contribution in [3.8, 4) is 0 Å². The number of aromatic amines is 1. The predicted molar refractivity (Wildman–Crippen MR) is 44.1 cm³/mol. The van der Waals surface area contributed by atoms with Crippen molar-refractivity contribution in [3.63, 3.8) is 0 Å². The Morgan fingerprint density at radius 1 is 1.30 bits per heavy atom. The first kappa shape index (κ1) is 5.54. The lowest BCUT2D eigenvalue weighted by Crippen LogP contribution is -1.71. The number of aromatic nitrogens is 1. The molecule has 0 fully saturated rings. The van der Waals surface area contributed by atoms with E-state index in [1.807, 2.05) is 6.20 Å². The molecular weight excluding hydrogens is 122 g/mol. The molecule has 0 radical (unpaired) electrons. The van der Waals surface area contributed by atoms with E-state index < -0.39 is 0 Å². The van der Waals surface area contributed by atoms with Gasteiger partial charge < -0.3 is 4.98 Å². The fourth-order valence-electron chi connectivity index (χ4n) is 1.24. The first-order chi connectivity index (χ1) is 4.88. The van der Waals surface area contributed by atoms with Crippen LogP contribution in [0.25, 0.3) is 10.9 Å². The summed E-state index contributed by atoms with van der Waals surface area (Å²) in [7, 11) is 0. The third-order valence-corrected chi connectivity index (χ3v) is 1.81. The molecule has 0 spiro atoms. The van der Waals surface area contributed by atoms with Crippen molar-refractivity contribution in [3.05, 3.63) is 36.0 Å². The monoisotopic (exact) mass is 132 g/mol. The molecule has 0 amide bonds. The number of rotatable bonds is 0. The zero-order chi connectivity index (χ0) is 6.97. The summed E-state index contributed by atoms with van der Waals surface area (Å²) in [5.41, 5.74) is 2.55. The van der Waals surface area contributed by atoms with Gasteiger partial charge in [-0.25, -0.2) is 0 Å². The van der Waals surface area contributed by atoms with E-state index in [0.29, 0.717) is 0 Å². The van der Waals surface area contributed by atoms with Crippen molar-refractivity contribution in [2.75, 3.05) is 0 Å². The zero-order valence-electron chi connectivity index (χ0n) is 6.89. The molecule has 0 aliphatic heterocycles. The van der Waals surface area contributed by atoms with Crippen LogP contribution in [-0.4, -0.2) is 4.98 Å². The zero-order valence-corrected chi connectivity index (χ0v) is 5.89. The second-order valence-corrected chi connectivity index (χ2v) is 2.51. The van der Waals surface area contributed by atoms with E-state index >= 15 is 0 Å². The Labute approximate surface area is 61.2 Å². The summed E-state index contributed by atoms with van der Waals surface area (Å²) in [6.45, 7) is 2.12. The standard InChI is InChI=1S/C9H9N/c1-7-3-2-4-9-8(7)5-6-10-9/h2-6,10H,1H3/p+1. The van der Waals surface area contributed by atoms with Crippen LogP contribution in [0.5, 0.6) is 0 Å². The smallest absolute Gasteiger partial charge is 0.361 e. The molecular formula is C9H10N+. The molecule has 1 heterocycles. The van der Waals surface area contributed by atoms with Crippen LogP contribution in [-0.2, 0) is 0 Å². The molecule has 0 saturated heterocycles. The van der Waals surface area contributed by atoms with Crippen LogP contribution in [0.15, 0.2) is 30.5 Å². The SMILES string of the molecule is Cc1cccc2[nH]ccc12.[H+]. The highest BCUT2D eigenvalue weighted by molar-refractivity contribution is 5.82. The molecule has 1 heteroatoms. The van der Waals surface area contributed by atoms with Gasteiger partial charge in [0.2, 0.25) is 0 Å². The van der Waals surface area contributed by atoms with Crippen LogP contribution in [0.4, 0.5) is 0 Å². The molecule has 0 bridgehead atoms. The molecule has 2 aromatic rings. The number of hydrogen-bond donors (Lipinski definition) is 1. The highest BCUT2D eigenvalue weighted by atomic mass is 14.7. The van der Waals surface area contributed by atoms with Crippen molar-refractivity contribution in [2.45, 2.75) is 6.92 Å².